The third-order valence-corrected chi connectivity index (χ3v) is 2.63. The van der Waals surface area contributed by atoms with Crippen molar-refractivity contribution in [1.82, 2.24) is 5.32 Å². The maximum atomic E-state index is 10.9. The van der Waals surface area contributed by atoms with Crippen LogP contribution in [-0.2, 0) is 10.1 Å². The Morgan fingerprint density at radius 3 is 2.56 bits per heavy atom. The number of aliphatic hydroxyl groups excluding tert-OH is 1. The minimum absolute atomic E-state index is 0.229. The highest BCUT2D eigenvalue weighted by atomic mass is 32.2. The van der Waals surface area contributed by atoms with Gasteiger partial charge in [0.05, 0.1) is 12.4 Å². The highest BCUT2D eigenvalue weighted by molar-refractivity contribution is 7.86. The fourth-order valence-corrected chi connectivity index (χ4v) is 1.82. The highest BCUT2D eigenvalue weighted by Crippen LogP contribution is 2.18. The molecule has 100 valence electrons. The Kier molecular flexibility index (Phi) is 5.33. The third kappa shape index (κ3) is 5.31. The first-order chi connectivity index (χ1) is 8.42. The first kappa shape index (κ1) is 14.7. The molecule has 0 saturated carbocycles. The fraction of sp³-hybridized carbons (Fsp3) is 0.333. The van der Waals surface area contributed by atoms with Gasteiger partial charge >= 0.3 is 10.1 Å². The molecule has 1 aromatic rings. The summed E-state index contributed by atoms with van der Waals surface area (Å²) in [5.74, 6) is 0.229. The zero-order valence-electron chi connectivity index (χ0n) is 10.2. The maximum Gasteiger partial charge on any atom is 0.306 e. The van der Waals surface area contributed by atoms with Crippen LogP contribution < -0.4 is 9.50 Å². The van der Waals surface area contributed by atoms with Crippen LogP contribution in [0, 0.1) is 0 Å². The Balaban J connectivity index is 2.61. The van der Waals surface area contributed by atoms with Crippen molar-refractivity contribution >= 4 is 10.1 Å². The molecule has 0 aliphatic carbocycles. The van der Waals surface area contributed by atoms with E-state index < -0.39 is 16.2 Å². The van der Waals surface area contributed by atoms with Crippen molar-refractivity contribution in [2.24, 2.45) is 0 Å². The van der Waals surface area contributed by atoms with Crippen molar-refractivity contribution < 1.29 is 17.7 Å². The summed E-state index contributed by atoms with van der Waals surface area (Å²) in [6.07, 6.45) is 2.03. The number of hydrogen-bond acceptors (Lipinski definition) is 5. The van der Waals surface area contributed by atoms with Crippen molar-refractivity contribution in [2.75, 3.05) is 19.3 Å². The Bertz CT molecular complexity index is 481. The number of benzene rings is 1. The van der Waals surface area contributed by atoms with Gasteiger partial charge in [0.15, 0.2) is 0 Å². The SMILES string of the molecule is C=CCNC[C@@H](O)c1ccc(OS(C)(=O)=O)cc1. The van der Waals surface area contributed by atoms with Gasteiger partial charge in [-0.2, -0.15) is 8.42 Å². The van der Waals surface area contributed by atoms with Crippen LogP contribution in [0.1, 0.15) is 11.7 Å². The summed E-state index contributed by atoms with van der Waals surface area (Å²) in [6, 6.07) is 6.27. The van der Waals surface area contributed by atoms with Crippen LogP contribution >= 0.6 is 0 Å². The van der Waals surface area contributed by atoms with Gasteiger partial charge in [-0.05, 0) is 17.7 Å². The van der Waals surface area contributed by atoms with Gasteiger partial charge in [-0.3, -0.25) is 0 Å². The molecule has 1 atom stereocenters. The van der Waals surface area contributed by atoms with E-state index in [9.17, 15) is 13.5 Å². The summed E-state index contributed by atoms with van der Waals surface area (Å²) in [5.41, 5.74) is 0.687. The van der Waals surface area contributed by atoms with Crippen LogP contribution in [0.15, 0.2) is 36.9 Å². The summed E-state index contributed by atoms with van der Waals surface area (Å²) in [4.78, 5) is 0. The van der Waals surface area contributed by atoms with Gasteiger partial charge in [-0.25, -0.2) is 0 Å². The minimum atomic E-state index is -3.51. The molecule has 0 unspecified atom stereocenters. The van der Waals surface area contributed by atoms with E-state index in [1.54, 1.807) is 18.2 Å². The van der Waals surface area contributed by atoms with Gasteiger partial charge < -0.3 is 14.6 Å². The summed E-state index contributed by atoms with van der Waals surface area (Å²) in [7, 11) is -3.51. The molecule has 0 spiro atoms. The number of nitrogens with one attached hydrogen (secondary N) is 1. The van der Waals surface area contributed by atoms with Crippen molar-refractivity contribution in [1.29, 1.82) is 0 Å². The van der Waals surface area contributed by atoms with E-state index in [0.717, 1.165) is 6.26 Å². The molecule has 0 aromatic heterocycles. The Hall–Kier alpha value is -1.37. The Labute approximate surface area is 107 Å². The number of hydrogen-bond donors (Lipinski definition) is 2. The normalized spacial score (nSPS) is 13.0. The lowest BCUT2D eigenvalue weighted by molar-refractivity contribution is 0.176. The standard InChI is InChI=1S/C12H17NO4S/c1-3-8-13-9-12(14)10-4-6-11(7-5-10)17-18(2,15)16/h3-7,12-14H,1,8-9H2,2H3/t12-/m1/s1. The first-order valence-electron chi connectivity index (χ1n) is 5.41. The molecule has 2 N–H and O–H groups in total. The molecule has 0 aliphatic rings. The monoisotopic (exact) mass is 271 g/mol. The van der Waals surface area contributed by atoms with Crippen molar-refractivity contribution in [3.63, 3.8) is 0 Å². The average molecular weight is 271 g/mol. The van der Waals surface area contributed by atoms with Crippen LogP contribution in [0.2, 0.25) is 0 Å². The lowest BCUT2D eigenvalue weighted by Gasteiger charge is -2.11. The molecular formula is C12H17NO4S. The summed E-state index contributed by atoms with van der Waals surface area (Å²) >= 11 is 0. The molecule has 0 bridgehead atoms. The van der Waals surface area contributed by atoms with Gasteiger partial charge in [0.25, 0.3) is 0 Å². The van der Waals surface area contributed by atoms with E-state index in [1.165, 1.54) is 12.1 Å². The number of aliphatic hydroxyl groups is 1. The van der Waals surface area contributed by atoms with Crippen molar-refractivity contribution in [2.45, 2.75) is 6.10 Å². The smallest absolute Gasteiger partial charge is 0.306 e. The summed E-state index contributed by atoms with van der Waals surface area (Å²) < 4.78 is 26.5. The maximum absolute atomic E-state index is 10.9. The van der Waals surface area contributed by atoms with E-state index in [1.807, 2.05) is 0 Å². The molecular weight excluding hydrogens is 254 g/mol. The largest absolute Gasteiger partial charge is 0.387 e. The number of rotatable bonds is 7. The Morgan fingerprint density at radius 2 is 2.06 bits per heavy atom. The summed E-state index contributed by atoms with van der Waals surface area (Å²) in [5, 5.41) is 12.8. The van der Waals surface area contributed by atoms with Gasteiger partial charge in [0, 0.05) is 13.1 Å². The van der Waals surface area contributed by atoms with Crippen LogP contribution in [0.5, 0.6) is 5.75 Å². The highest BCUT2D eigenvalue weighted by Gasteiger charge is 2.08. The van der Waals surface area contributed by atoms with Crippen LogP contribution in [0.25, 0.3) is 0 Å². The van der Waals surface area contributed by atoms with Gasteiger partial charge in [-0.15, -0.1) is 6.58 Å². The molecule has 0 radical (unpaired) electrons. The zero-order chi connectivity index (χ0) is 13.6. The topological polar surface area (TPSA) is 75.6 Å². The molecule has 5 nitrogen and oxygen atoms in total. The lowest BCUT2D eigenvalue weighted by atomic mass is 10.1. The molecule has 0 fully saturated rings. The quantitative estimate of drug-likeness (QED) is 0.436. The third-order valence-electron chi connectivity index (χ3n) is 2.14. The second-order valence-electron chi connectivity index (χ2n) is 3.82. The van der Waals surface area contributed by atoms with Crippen LogP contribution in [0.3, 0.4) is 0 Å². The lowest BCUT2D eigenvalue weighted by Crippen LogP contribution is -2.21. The van der Waals surface area contributed by atoms with Crippen LogP contribution in [-0.4, -0.2) is 32.9 Å². The zero-order valence-corrected chi connectivity index (χ0v) is 11.0. The van der Waals surface area contributed by atoms with Crippen molar-refractivity contribution in [3.05, 3.63) is 42.5 Å². The molecule has 0 saturated heterocycles. The van der Waals surface area contributed by atoms with Gasteiger partial charge in [0.1, 0.15) is 5.75 Å². The van der Waals surface area contributed by atoms with Gasteiger partial charge in [0.2, 0.25) is 0 Å². The average Bonchev–Trinajstić information content (AvgIpc) is 2.28. The van der Waals surface area contributed by atoms with E-state index >= 15 is 0 Å². The predicted octanol–water partition coefficient (Wildman–Crippen LogP) is 0.834. The molecule has 0 amide bonds. The second kappa shape index (κ2) is 6.53. The van der Waals surface area contributed by atoms with Gasteiger partial charge in [-0.1, -0.05) is 18.2 Å². The first-order valence-corrected chi connectivity index (χ1v) is 7.23. The van der Waals surface area contributed by atoms with Crippen LogP contribution in [0.4, 0.5) is 0 Å². The molecule has 6 heteroatoms. The fourth-order valence-electron chi connectivity index (χ4n) is 1.36. The Morgan fingerprint density at radius 1 is 1.44 bits per heavy atom. The van der Waals surface area contributed by atoms with E-state index in [0.29, 0.717) is 18.7 Å². The minimum Gasteiger partial charge on any atom is -0.387 e. The molecule has 0 aliphatic heterocycles. The molecule has 1 rings (SSSR count). The van der Waals surface area contributed by atoms with Crippen molar-refractivity contribution in [3.8, 4) is 5.75 Å². The molecule has 0 heterocycles. The predicted molar refractivity (Wildman–Crippen MR) is 69.9 cm³/mol. The molecule has 1 aromatic carbocycles. The molecule has 18 heavy (non-hydrogen) atoms. The second-order valence-corrected chi connectivity index (χ2v) is 5.39. The van der Waals surface area contributed by atoms with E-state index in [-0.39, 0.29) is 5.75 Å². The van der Waals surface area contributed by atoms with E-state index in [4.69, 9.17) is 4.18 Å². The summed E-state index contributed by atoms with van der Waals surface area (Å²) in [6.45, 7) is 4.58. The van der Waals surface area contributed by atoms with E-state index in [2.05, 4.69) is 11.9 Å².